The number of nitrogens with two attached hydrogens (primary N) is 1. The van der Waals surface area contributed by atoms with Crippen molar-refractivity contribution < 1.29 is 32.0 Å². The molecule has 0 bridgehead atoms. The Kier molecular flexibility index (Phi) is 6.78. The molecule has 0 aliphatic heterocycles. The molecule has 0 spiro atoms. The summed E-state index contributed by atoms with van der Waals surface area (Å²) in [7, 11) is -5.87. The highest BCUT2D eigenvalue weighted by Gasteiger charge is 2.30. The Morgan fingerprint density at radius 3 is 2.45 bits per heavy atom. The van der Waals surface area contributed by atoms with Crippen LogP contribution in [-0.4, -0.2) is 41.1 Å². The molecule has 5 rings (SSSR count). The molecule has 38 heavy (non-hydrogen) atoms. The van der Waals surface area contributed by atoms with Gasteiger partial charge in [-0.05, 0) is 71.8 Å². The number of halogens is 2. The first-order valence-corrected chi connectivity index (χ1v) is 13.4. The Hall–Kier alpha value is -3.65. The molecule has 9 nitrogen and oxygen atoms in total. The maximum atomic E-state index is 14.0. The van der Waals surface area contributed by atoms with E-state index in [0.29, 0.717) is 22.2 Å². The van der Waals surface area contributed by atoms with Crippen molar-refractivity contribution in [2.24, 2.45) is 5.73 Å². The summed E-state index contributed by atoms with van der Waals surface area (Å²) in [6.07, 6.45) is 3.28. The maximum absolute atomic E-state index is 14.0. The van der Waals surface area contributed by atoms with Gasteiger partial charge in [-0.3, -0.25) is 4.79 Å². The third-order valence-electron chi connectivity index (χ3n) is 6.45. The fraction of sp³-hybridized carbons (Fsp3) is 0.200. The normalized spacial score (nSPS) is 13.7. The number of sulfonamides is 1. The molecule has 1 aliphatic carbocycles. The average molecular weight is 540 g/mol. The van der Waals surface area contributed by atoms with E-state index in [-0.39, 0.29) is 34.9 Å². The van der Waals surface area contributed by atoms with Gasteiger partial charge in [0, 0.05) is 23.8 Å². The largest absolute Gasteiger partial charge is 0.491 e. The lowest BCUT2D eigenvalue weighted by molar-refractivity contribution is 0.100. The van der Waals surface area contributed by atoms with Crippen LogP contribution in [0.1, 0.15) is 45.8 Å². The number of carbonyl (C=O) groups excluding carboxylic acids is 1. The van der Waals surface area contributed by atoms with Crippen LogP contribution in [0.15, 0.2) is 54.7 Å². The maximum Gasteiger partial charge on any atom is 0.491 e. The second kappa shape index (κ2) is 9.91. The van der Waals surface area contributed by atoms with Gasteiger partial charge in [0.05, 0.1) is 16.8 Å². The SMILES string of the molecule is NC(=O)c1c(-c2ccc(F)cc2)nn2cc(CS(=O)(=O)NCc3ccc(B(O)O)c(F)c3)c(C3CC3)cc12. The molecule has 0 unspecified atom stereocenters. The molecule has 1 amide bonds. The number of nitrogens with one attached hydrogen (secondary N) is 1. The molecule has 5 N–H and O–H groups in total. The number of aromatic nitrogens is 2. The zero-order valence-electron chi connectivity index (χ0n) is 19.9. The number of nitrogens with zero attached hydrogens (tertiary/aromatic N) is 2. The minimum absolute atomic E-state index is 0.127. The van der Waals surface area contributed by atoms with Crippen LogP contribution in [0.5, 0.6) is 0 Å². The van der Waals surface area contributed by atoms with Gasteiger partial charge in [-0.15, -0.1) is 0 Å². The Balaban J connectivity index is 1.47. The van der Waals surface area contributed by atoms with E-state index in [1.807, 2.05) is 0 Å². The van der Waals surface area contributed by atoms with Crippen molar-refractivity contribution in [1.82, 2.24) is 14.3 Å². The summed E-state index contributed by atoms with van der Waals surface area (Å²) < 4.78 is 57.3. The van der Waals surface area contributed by atoms with E-state index < -0.39 is 34.7 Å². The van der Waals surface area contributed by atoms with E-state index >= 15 is 0 Å². The van der Waals surface area contributed by atoms with Gasteiger partial charge in [0.25, 0.3) is 5.91 Å². The van der Waals surface area contributed by atoms with Crippen LogP contribution in [0.3, 0.4) is 0 Å². The summed E-state index contributed by atoms with van der Waals surface area (Å²) in [5.41, 5.74) is 8.25. The van der Waals surface area contributed by atoms with Gasteiger partial charge in [0.15, 0.2) is 0 Å². The van der Waals surface area contributed by atoms with Crippen molar-refractivity contribution in [1.29, 1.82) is 0 Å². The smallest absolute Gasteiger partial charge is 0.423 e. The molecule has 4 aromatic rings. The van der Waals surface area contributed by atoms with Crippen molar-refractivity contribution in [2.75, 3.05) is 0 Å². The standard InChI is InChI=1S/C25H23BF2N4O5S/c27-18-6-4-16(5-7-18)24-23(25(29)33)22-10-19(15-2-3-15)17(12-32(22)31-24)13-38(36,37)30-11-14-1-8-20(26(34)35)21(28)9-14/h1,4-10,12,15,30,34-35H,2-3,11,13H2,(H2,29,33). The lowest BCUT2D eigenvalue weighted by Crippen LogP contribution is -2.33. The Labute approximate surface area is 217 Å². The first-order valence-electron chi connectivity index (χ1n) is 11.7. The van der Waals surface area contributed by atoms with Crippen LogP contribution in [-0.2, 0) is 22.3 Å². The van der Waals surface area contributed by atoms with Crippen LogP contribution in [0, 0.1) is 11.6 Å². The number of carbonyl (C=O) groups is 1. The summed E-state index contributed by atoms with van der Waals surface area (Å²) in [5, 5.41) is 22.8. The number of pyridine rings is 1. The number of hydrogen-bond donors (Lipinski definition) is 4. The minimum Gasteiger partial charge on any atom is -0.423 e. The van der Waals surface area contributed by atoms with Gasteiger partial charge in [0.1, 0.15) is 17.3 Å². The Bertz CT molecular complexity index is 1650. The van der Waals surface area contributed by atoms with Gasteiger partial charge < -0.3 is 15.8 Å². The Morgan fingerprint density at radius 2 is 1.84 bits per heavy atom. The molecule has 0 saturated heterocycles. The minimum atomic E-state index is -3.89. The van der Waals surface area contributed by atoms with Crippen LogP contribution in [0.25, 0.3) is 16.8 Å². The highest BCUT2D eigenvalue weighted by molar-refractivity contribution is 7.88. The topological polar surface area (TPSA) is 147 Å². The van der Waals surface area contributed by atoms with Gasteiger partial charge in [-0.2, -0.15) is 5.10 Å². The van der Waals surface area contributed by atoms with Crippen molar-refractivity contribution >= 4 is 34.0 Å². The van der Waals surface area contributed by atoms with Crippen molar-refractivity contribution in [3.8, 4) is 11.3 Å². The molecule has 0 radical (unpaired) electrons. The highest BCUT2D eigenvalue weighted by Crippen LogP contribution is 2.43. The van der Waals surface area contributed by atoms with Gasteiger partial charge in [-0.25, -0.2) is 26.4 Å². The first kappa shape index (κ1) is 26.0. The summed E-state index contributed by atoms with van der Waals surface area (Å²) in [6, 6.07) is 10.8. The third-order valence-corrected chi connectivity index (χ3v) is 7.73. The van der Waals surface area contributed by atoms with Crippen molar-refractivity contribution in [3.05, 3.63) is 88.6 Å². The lowest BCUT2D eigenvalue weighted by atomic mass is 9.79. The van der Waals surface area contributed by atoms with Crippen LogP contribution >= 0.6 is 0 Å². The number of benzene rings is 2. The molecule has 0 atom stereocenters. The highest BCUT2D eigenvalue weighted by atomic mass is 32.2. The van der Waals surface area contributed by atoms with Crippen LogP contribution in [0.4, 0.5) is 8.78 Å². The molecule has 196 valence electrons. The van der Waals surface area contributed by atoms with Crippen molar-refractivity contribution in [3.63, 3.8) is 0 Å². The summed E-state index contributed by atoms with van der Waals surface area (Å²) >= 11 is 0. The van der Waals surface area contributed by atoms with Crippen LogP contribution < -0.4 is 15.9 Å². The second-order valence-electron chi connectivity index (χ2n) is 9.26. The average Bonchev–Trinajstić information content (AvgIpc) is 3.62. The molecular weight excluding hydrogens is 517 g/mol. The van der Waals surface area contributed by atoms with Crippen LogP contribution in [0.2, 0.25) is 0 Å². The third kappa shape index (κ3) is 5.32. The summed E-state index contributed by atoms with van der Waals surface area (Å²) in [4.78, 5) is 12.4. The summed E-state index contributed by atoms with van der Waals surface area (Å²) in [5.74, 6) is -2.28. The Morgan fingerprint density at radius 1 is 1.13 bits per heavy atom. The van der Waals surface area contributed by atoms with E-state index in [2.05, 4.69) is 9.82 Å². The van der Waals surface area contributed by atoms with Gasteiger partial charge in [0.2, 0.25) is 10.0 Å². The molecule has 2 aromatic heterocycles. The predicted molar refractivity (Wildman–Crippen MR) is 137 cm³/mol. The molecule has 1 fully saturated rings. The fourth-order valence-corrected chi connectivity index (χ4v) is 5.57. The zero-order chi connectivity index (χ0) is 27.2. The molecule has 13 heteroatoms. The number of rotatable bonds is 9. The predicted octanol–water partition coefficient (Wildman–Crippen LogP) is 1.56. The molecular formula is C25H23BF2N4O5S. The van der Waals surface area contributed by atoms with E-state index in [1.165, 1.54) is 40.9 Å². The van der Waals surface area contributed by atoms with E-state index in [1.54, 1.807) is 12.3 Å². The molecule has 1 saturated carbocycles. The van der Waals surface area contributed by atoms with E-state index in [0.717, 1.165) is 24.5 Å². The van der Waals surface area contributed by atoms with Gasteiger partial charge >= 0.3 is 7.12 Å². The summed E-state index contributed by atoms with van der Waals surface area (Å²) in [6.45, 7) is -0.204. The second-order valence-corrected chi connectivity index (χ2v) is 11.1. The molecule has 2 heterocycles. The molecule has 2 aromatic carbocycles. The number of primary amides is 1. The number of fused-ring (bicyclic) bond motifs is 1. The first-order chi connectivity index (χ1) is 18.0. The van der Waals surface area contributed by atoms with Gasteiger partial charge in [-0.1, -0.05) is 12.1 Å². The zero-order valence-corrected chi connectivity index (χ0v) is 20.8. The molecule has 1 aliphatic rings. The van der Waals surface area contributed by atoms with E-state index in [4.69, 9.17) is 15.8 Å². The quantitative estimate of drug-likeness (QED) is 0.237. The number of amides is 1. The number of hydrogen-bond acceptors (Lipinski definition) is 6. The fourth-order valence-electron chi connectivity index (χ4n) is 4.43. The van der Waals surface area contributed by atoms with E-state index in [9.17, 15) is 22.0 Å². The lowest BCUT2D eigenvalue weighted by Gasteiger charge is -2.12. The monoisotopic (exact) mass is 540 g/mol. The van der Waals surface area contributed by atoms with Crippen molar-refractivity contribution in [2.45, 2.75) is 31.1 Å².